The third-order valence-corrected chi connectivity index (χ3v) is 2.88. The molecule has 0 aliphatic rings. The quantitative estimate of drug-likeness (QED) is 0.356. The van der Waals surface area contributed by atoms with Gasteiger partial charge in [0.05, 0.1) is 13.1 Å². The largest absolute Gasteiger partial charge is 1.00 e. The van der Waals surface area contributed by atoms with Gasteiger partial charge in [-0.05, 0) is 25.7 Å². The van der Waals surface area contributed by atoms with Crippen molar-refractivity contribution in [2.24, 2.45) is 0 Å². The van der Waals surface area contributed by atoms with Crippen LogP contribution in [0.1, 0.15) is 25.7 Å². The Morgan fingerprint density at radius 1 is 1.00 bits per heavy atom. The van der Waals surface area contributed by atoms with Crippen molar-refractivity contribution in [2.75, 3.05) is 11.8 Å². The molecule has 2 nitrogen and oxygen atoms in total. The zero-order valence-corrected chi connectivity index (χ0v) is 11.7. The summed E-state index contributed by atoms with van der Waals surface area (Å²) >= 11 is 11.3. The van der Waals surface area contributed by atoms with E-state index in [1.165, 1.54) is 0 Å². The molecule has 16 heavy (non-hydrogen) atoms. The highest BCUT2D eigenvalue weighted by Crippen LogP contribution is 1.97. The number of aromatic nitrogens is 2. The lowest BCUT2D eigenvalue weighted by Crippen LogP contribution is -3.00. The second kappa shape index (κ2) is 10.2. The van der Waals surface area contributed by atoms with Crippen LogP contribution in [0.2, 0.25) is 0 Å². The third-order valence-electron chi connectivity index (χ3n) is 2.35. The first-order valence-corrected chi connectivity index (χ1v) is 6.60. The van der Waals surface area contributed by atoms with Crippen LogP contribution in [0.3, 0.4) is 0 Å². The van der Waals surface area contributed by atoms with Gasteiger partial charge in [-0.25, -0.2) is 9.13 Å². The molecule has 0 spiro atoms. The van der Waals surface area contributed by atoms with Crippen LogP contribution in [0, 0.1) is 0 Å². The van der Waals surface area contributed by atoms with Gasteiger partial charge >= 0.3 is 0 Å². The van der Waals surface area contributed by atoms with Crippen LogP contribution in [0.15, 0.2) is 18.7 Å². The molecule has 0 aliphatic heterocycles. The molecule has 1 heterocycles. The number of rotatable bonds is 8. The molecule has 0 fully saturated rings. The number of hydrogen-bond donors (Lipinski definition) is 0. The highest BCUT2D eigenvalue weighted by atomic mass is 35.5. The fraction of sp³-hybridized carbons (Fsp3) is 0.727. The maximum atomic E-state index is 5.63. The molecule has 0 aliphatic carbocycles. The second-order valence-electron chi connectivity index (χ2n) is 3.68. The molecule has 5 heteroatoms. The van der Waals surface area contributed by atoms with E-state index in [1.807, 2.05) is 0 Å². The molecule has 94 valence electrons. The monoisotopic (exact) mass is 284 g/mol. The van der Waals surface area contributed by atoms with Crippen LogP contribution in [-0.2, 0) is 13.1 Å². The van der Waals surface area contributed by atoms with Gasteiger partial charge in [0.1, 0.15) is 12.4 Å². The minimum absolute atomic E-state index is 0. The topological polar surface area (TPSA) is 8.81 Å². The predicted molar refractivity (Wildman–Crippen MR) is 64.5 cm³/mol. The maximum absolute atomic E-state index is 5.63. The van der Waals surface area contributed by atoms with Crippen LogP contribution in [0.4, 0.5) is 0 Å². The lowest BCUT2D eigenvalue weighted by Gasteiger charge is -1.95. The van der Waals surface area contributed by atoms with Crippen molar-refractivity contribution >= 4 is 23.2 Å². The molecule has 0 N–H and O–H groups in total. The second-order valence-corrected chi connectivity index (χ2v) is 4.44. The van der Waals surface area contributed by atoms with E-state index in [-0.39, 0.29) is 12.4 Å². The van der Waals surface area contributed by atoms with Gasteiger partial charge in [0, 0.05) is 11.8 Å². The first kappa shape index (κ1) is 16.1. The van der Waals surface area contributed by atoms with Gasteiger partial charge < -0.3 is 12.4 Å². The van der Waals surface area contributed by atoms with Crippen LogP contribution < -0.4 is 17.0 Å². The summed E-state index contributed by atoms with van der Waals surface area (Å²) in [5.41, 5.74) is 0. The van der Waals surface area contributed by atoms with E-state index in [2.05, 4.69) is 27.9 Å². The first-order chi connectivity index (χ1) is 7.36. The van der Waals surface area contributed by atoms with E-state index in [9.17, 15) is 0 Å². The molecule has 0 radical (unpaired) electrons. The molecule has 0 atom stereocenters. The van der Waals surface area contributed by atoms with Crippen molar-refractivity contribution in [1.29, 1.82) is 0 Å². The Balaban J connectivity index is 0.00000225. The van der Waals surface area contributed by atoms with Crippen molar-refractivity contribution in [3.63, 3.8) is 0 Å². The van der Waals surface area contributed by atoms with Crippen LogP contribution in [0.5, 0.6) is 0 Å². The van der Waals surface area contributed by atoms with E-state index >= 15 is 0 Å². The molecule has 1 rings (SSSR count). The Kier molecular flexibility index (Phi) is 10.3. The Morgan fingerprint density at radius 2 is 1.69 bits per heavy atom. The SMILES string of the molecule is ClCCCCn1cc[n+](CCCCCl)c1.[Cl-]. The van der Waals surface area contributed by atoms with Crippen LogP contribution in [-0.4, -0.2) is 16.3 Å². The van der Waals surface area contributed by atoms with E-state index in [0.29, 0.717) is 0 Å². The first-order valence-electron chi connectivity index (χ1n) is 5.53. The Hall–Kier alpha value is 0.0800. The van der Waals surface area contributed by atoms with Gasteiger partial charge in [0.2, 0.25) is 6.33 Å². The lowest BCUT2D eigenvalue weighted by molar-refractivity contribution is -0.696. The summed E-state index contributed by atoms with van der Waals surface area (Å²) in [7, 11) is 0. The molecule has 0 bridgehead atoms. The van der Waals surface area contributed by atoms with Crippen molar-refractivity contribution in [3.05, 3.63) is 18.7 Å². The normalized spacial score (nSPS) is 10.1. The van der Waals surface area contributed by atoms with Gasteiger partial charge in [-0.2, -0.15) is 0 Å². The number of imidazole rings is 1. The van der Waals surface area contributed by atoms with Crippen molar-refractivity contribution in [1.82, 2.24) is 4.57 Å². The fourth-order valence-electron chi connectivity index (χ4n) is 1.48. The van der Waals surface area contributed by atoms with Crippen molar-refractivity contribution < 1.29 is 17.0 Å². The highest BCUT2D eigenvalue weighted by Gasteiger charge is 2.02. The summed E-state index contributed by atoms with van der Waals surface area (Å²) in [5.74, 6) is 1.52. The number of aryl methyl sites for hydroxylation is 2. The molecule has 0 amide bonds. The highest BCUT2D eigenvalue weighted by molar-refractivity contribution is 6.18. The molecule has 1 aromatic rings. The molecular weight excluding hydrogens is 266 g/mol. The molecule has 0 saturated carbocycles. The summed E-state index contributed by atoms with van der Waals surface area (Å²) in [4.78, 5) is 0. The summed E-state index contributed by atoms with van der Waals surface area (Å²) in [5, 5.41) is 0. The molecule has 0 unspecified atom stereocenters. The number of halogens is 3. The standard InChI is InChI=1S/C11H19Cl2N2.ClH/c12-5-1-3-7-14-9-10-15(11-14)8-4-2-6-13;/h9-11H,1-8H2;1H/q+1;/p-1. The molecule has 0 aromatic carbocycles. The Morgan fingerprint density at radius 3 is 2.38 bits per heavy atom. The smallest absolute Gasteiger partial charge is 0.243 e. The van der Waals surface area contributed by atoms with Gasteiger partial charge in [-0.1, -0.05) is 0 Å². The lowest BCUT2D eigenvalue weighted by atomic mass is 10.3. The Bertz CT molecular complexity index is 239. The maximum Gasteiger partial charge on any atom is 0.243 e. The average molecular weight is 286 g/mol. The van der Waals surface area contributed by atoms with Gasteiger partial charge in [-0.3, -0.25) is 0 Å². The third kappa shape index (κ3) is 6.62. The van der Waals surface area contributed by atoms with Crippen LogP contribution in [0.25, 0.3) is 0 Å². The molecular formula is C11H19Cl3N2. The van der Waals surface area contributed by atoms with E-state index < -0.39 is 0 Å². The zero-order valence-electron chi connectivity index (χ0n) is 9.42. The summed E-state index contributed by atoms with van der Waals surface area (Å²) < 4.78 is 4.43. The van der Waals surface area contributed by atoms with Gasteiger partial charge in [0.15, 0.2) is 0 Å². The molecule has 1 aromatic heterocycles. The van der Waals surface area contributed by atoms with Crippen LogP contribution >= 0.6 is 23.2 Å². The van der Waals surface area contributed by atoms with E-state index in [0.717, 1.165) is 50.5 Å². The number of unbranched alkanes of at least 4 members (excludes halogenated alkanes) is 2. The minimum Gasteiger partial charge on any atom is -1.00 e. The van der Waals surface area contributed by atoms with Crippen molar-refractivity contribution in [2.45, 2.75) is 38.8 Å². The summed E-state index contributed by atoms with van der Waals surface area (Å²) in [6.07, 6.45) is 10.9. The molecule has 0 saturated heterocycles. The fourth-order valence-corrected chi connectivity index (χ4v) is 1.86. The summed E-state index contributed by atoms with van der Waals surface area (Å²) in [6.45, 7) is 2.13. The average Bonchev–Trinajstić information content (AvgIpc) is 2.67. The van der Waals surface area contributed by atoms with Gasteiger partial charge in [-0.15, -0.1) is 23.2 Å². The number of nitrogens with zero attached hydrogens (tertiary/aromatic N) is 2. The van der Waals surface area contributed by atoms with E-state index in [4.69, 9.17) is 23.2 Å². The number of hydrogen-bond acceptors (Lipinski definition) is 0. The predicted octanol–water partition coefficient (Wildman–Crippen LogP) is -0.182. The minimum atomic E-state index is 0. The van der Waals surface area contributed by atoms with E-state index in [1.54, 1.807) is 0 Å². The van der Waals surface area contributed by atoms with Crippen molar-refractivity contribution in [3.8, 4) is 0 Å². The van der Waals surface area contributed by atoms with Gasteiger partial charge in [0.25, 0.3) is 0 Å². The summed E-state index contributed by atoms with van der Waals surface area (Å²) in [6, 6.07) is 0. The zero-order chi connectivity index (χ0) is 10.9. The Labute approximate surface area is 114 Å². The number of alkyl halides is 2.